The topological polar surface area (TPSA) is 91.1 Å². The number of primary amides is 1. The second-order valence-corrected chi connectivity index (χ2v) is 7.57. The van der Waals surface area contributed by atoms with Gasteiger partial charge in [-0.05, 0) is 48.1 Å². The van der Waals surface area contributed by atoms with E-state index >= 15 is 0 Å². The summed E-state index contributed by atoms with van der Waals surface area (Å²) < 4.78 is 16.2. The summed E-state index contributed by atoms with van der Waals surface area (Å²) in [7, 11) is 2.92. The van der Waals surface area contributed by atoms with Gasteiger partial charge in [-0.2, -0.15) is 0 Å². The molecule has 30 heavy (non-hydrogen) atoms. The first-order valence-electron chi connectivity index (χ1n) is 9.97. The van der Waals surface area contributed by atoms with Gasteiger partial charge in [-0.1, -0.05) is 26.0 Å². The molecule has 2 aromatic carbocycles. The highest BCUT2D eigenvalue weighted by Gasteiger charge is 2.26. The third kappa shape index (κ3) is 4.35. The van der Waals surface area contributed by atoms with Gasteiger partial charge in [-0.25, -0.2) is 0 Å². The Morgan fingerprint density at radius 1 is 1.10 bits per heavy atom. The molecule has 7 nitrogen and oxygen atoms in total. The van der Waals surface area contributed by atoms with Crippen molar-refractivity contribution in [1.82, 2.24) is 0 Å². The Morgan fingerprint density at radius 3 is 2.33 bits per heavy atom. The molecule has 1 heterocycles. The number of ether oxygens (including phenoxy) is 3. The van der Waals surface area contributed by atoms with Gasteiger partial charge in [0.15, 0.2) is 18.1 Å². The monoisotopic (exact) mass is 412 g/mol. The highest BCUT2D eigenvalue weighted by Crippen LogP contribution is 2.40. The number of carbonyl (C=O) groups excluding carboxylic acids is 2. The van der Waals surface area contributed by atoms with E-state index in [2.05, 4.69) is 26.0 Å². The molecule has 0 aromatic heterocycles. The van der Waals surface area contributed by atoms with Crippen LogP contribution < -0.4 is 24.8 Å². The van der Waals surface area contributed by atoms with Crippen molar-refractivity contribution in [3.8, 4) is 17.2 Å². The minimum Gasteiger partial charge on any atom is -0.493 e. The van der Waals surface area contributed by atoms with Gasteiger partial charge in [0.1, 0.15) is 0 Å². The lowest BCUT2D eigenvalue weighted by Gasteiger charge is -2.30. The number of nitrogens with two attached hydrogens (primary N) is 1. The second kappa shape index (κ2) is 9.07. The van der Waals surface area contributed by atoms with Gasteiger partial charge in [0, 0.05) is 17.8 Å². The zero-order valence-corrected chi connectivity index (χ0v) is 17.9. The lowest BCUT2D eigenvalue weighted by molar-refractivity contribution is -0.120. The van der Waals surface area contributed by atoms with Crippen molar-refractivity contribution >= 4 is 17.5 Å². The van der Waals surface area contributed by atoms with E-state index in [1.54, 1.807) is 17.0 Å². The molecule has 2 N–H and O–H groups in total. The van der Waals surface area contributed by atoms with Crippen molar-refractivity contribution in [3.05, 3.63) is 47.0 Å². The SMILES string of the molecule is COc1cc(C(=O)N2CCCc3cc(C(C)C)ccc32)cc(OC)c1OCC(N)=O. The van der Waals surface area contributed by atoms with Crippen LogP contribution in [0, 0.1) is 0 Å². The zero-order valence-electron chi connectivity index (χ0n) is 17.9. The molecule has 1 aliphatic rings. The predicted molar refractivity (Wildman–Crippen MR) is 115 cm³/mol. The predicted octanol–water partition coefficient (Wildman–Crippen LogP) is 3.28. The number of carbonyl (C=O) groups is 2. The number of aryl methyl sites for hydroxylation is 1. The maximum absolute atomic E-state index is 13.4. The molecule has 2 amide bonds. The molecular weight excluding hydrogens is 384 g/mol. The third-order valence-electron chi connectivity index (χ3n) is 5.20. The van der Waals surface area contributed by atoms with Gasteiger partial charge in [0.25, 0.3) is 11.8 Å². The lowest BCUT2D eigenvalue weighted by Crippen LogP contribution is -2.35. The van der Waals surface area contributed by atoms with Crippen molar-refractivity contribution in [2.45, 2.75) is 32.6 Å². The Labute approximate surface area is 176 Å². The summed E-state index contributed by atoms with van der Waals surface area (Å²) in [6, 6.07) is 9.49. The molecule has 0 saturated heterocycles. The smallest absolute Gasteiger partial charge is 0.258 e. The van der Waals surface area contributed by atoms with Crippen LogP contribution in [0.5, 0.6) is 17.2 Å². The summed E-state index contributed by atoms with van der Waals surface area (Å²) in [6.07, 6.45) is 1.85. The van der Waals surface area contributed by atoms with Crippen LogP contribution in [-0.4, -0.2) is 39.2 Å². The molecule has 3 rings (SSSR count). The van der Waals surface area contributed by atoms with E-state index in [4.69, 9.17) is 19.9 Å². The van der Waals surface area contributed by atoms with Crippen LogP contribution in [0.1, 0.15) is 47.7 Å². The lowest BCUT2D eigenvalue weighted by atomic mass is 9.94. The van der Waals surface area contributed by atoms with E-state index in [0.717, 1.165) is 18.5 Å². The van der Waals surface area contributed by atoms with Crippen molar-refractivity contribution < 1.29 is 23.8 Å². The third-order valence-corrected chi connectivity index (χ3v) is 5.20. The van der Waals surface area contributed by atoms with Crippen LogP contribution in [-0.2, 0) is 11.2 Å². The summed E-state index contributed by atoms with van der Waals surface area (Å²) >= 11 is 0. The van der Waals surface area contributed by atoms with Crippen molar-refractivity contribution in [2.75, 3.05) is 32.3 Å². The van der Waals surface area contributed by atoms with Gasteiger partial charge >= 0.3 is 0 Å². The largest absolute Gasteiger partial charge is 0.493 e. The fourth-order valence-electron chi connectivity index (χ4n) is 3.63. The number of fused-ring (bicyclic) bond motifs is 1. The van der Waals surface area contributed by atoms with E-state index in [1.807, 2.05) is 6.07 Å². The Hall–Kier alpha value is -3.22. The molecule has 0 saturated carbocycles. The summed E-state index contributed by atoms with van der Waals surface area (Å²) in [5, 5.41) is 0. The number of hydrogen-bond donors (Lipinski definition) is 1. The summed E-state index contributed by atoms with van der Waals surface area (Å²) in [4.78, 5) is 26.3. The van der Waals surface area contributed by atoms with Crippen LogP contribution in [0.15, 0.2) is 30.3 Å². The molecule has 2 aromatic rings. The number of rotatable bonds is 7. The molecule has 0 fully saturated rings. The maximum Gasteiger partial charge on any atom is 0.258 e. The van der Waals surface area contributed by atoms with Gasteiger partial charge in [-0.3, -0.25) is 9.59 Å². The van der Waals surface area contributed by atoms with E-state index in [9.17, 15) is 9.59 Å². The first-order chi connectivity index (χ1) is 14.3. The van der Waals surface area contributed by atoms with Crippen LogP contribution in [0.2, 0.25) is 0 Å². The Balaban J connectivity index is 1.97. The maximum atomic E-state index is 13.4. The van der Waals surface area contributed by atoms with E-state index in [1.165, 1.54) is 25.3 Å². The minimum absolute atomic E-state index is 0.147. The molecule has 0 unspecified atom stereocenters. The normalized spacial score (nSPS) is 13.0. The zero-order chi connectivity index (χ0) is 21.8. The summed E-state index contributed by atoms with van der Waals surface area (Å²) in [5.74, 6) is 0.493. The standard InChI is InChI=1S/C23H28N2O5/c1-14(2)15-7-8-18-16(10-15)6-5-9-25(18)23(27)17-11-19(28-3)22(20(12-17)29-4)30-13-21(24)26/h7-8,10-12,14H,5-6,9,13H2,1-4H3,(H2,24,26). The van der Waals surface area contributed by atoms with Crippen molar-refractivity contribution in [2.24, 2.45) is 5.73 Å². The molecule has 0 atom stereocenters. The fourth-order valence-corrected chi connectivity index (χ4v) is 3.63. The molecule has 160 valence electrons. The number of anilines is 1. The molecule has 0 bridgehead atoms. The Bertz CT molecular complexity index is 930. The molecule has 7 heteroatoms. The Morgan fingerprint density at radius 2 is 1.77 bits per heavy atom. The number of nitrogens with zero attached hydrogens (tertiary/aromatic N) is 1. The van der Waals surface area contributed by atoms with Crippen LogP contribution in [0.4, 0.5) is 5.69 Å². The van der Waals surface area contributed by atoms with E-state index < -0.39 is 5.91 Å². The minimum atomic E-state index is -0.620. The van der Waals surface area contributed by atoms with Crippen LogP contribution in [0.3, 0.4) is 0 Å². The van der Waals surface area contributed by atoms with E-state index in [0.29, 0.717) is 29.5 Å². The average molecular weight is 412 g/mol. The van der Waals surface area contributed by atoms with Gasteiger partial charge in [0.2, 0.25) is 5.75 Å². The molecular formula is C23H28N2O5. The first-order valence-corrected chi connectivity index (χ1v) is 9.97. The number of methoxy groups -OCH3 is 2. The first kappa shape index (κ1) is 21.5. The second-order valence-electron chi connectivity index (χ2n) is 7.57. The number of hydrogen-bond acceptors (Lipinski definition) is 5. The highest BCUT2D eigenvalue weighted by molar-refractivity contribution is 6.07. The van der Waals surface area contributed by atoms with E-state index in [-0.39, 0.29) is 18.3 Å². The summed E-state index contributed by atoms with van der Waals surface area (Å²) in [5.41, 5.74) is 8.96. The molecule has 0 radical (unpaired) electrons. The van der Waals surface area contributed by atoms with Gasteiger partial charge in [-0.15, -0.1) is 0 Å². The van der Waals surface area contributed by atoms with Crippen molar-refractivity contribution in [1.29, 1.82) is 0 Å². The molecule has 0 spiro atoms. The number of amides is 2. The van der Waals surface area contributed by atoms with Gasteiger partial charge in [0.05, 0.1) is 14.2 Å². The number of benzene rings is 2. The molecule has 0 aliphatic carbocycles. The molecule has 1 aliphatic heterocycles. The average Bonchev–Trinajstić information content (AvgIpc) is 2.75. The fraction of sp³-hybridized carbons (Fsp3) is 0.391. The van der Waals surface area contributed by atoms with Crippen LogP contribution in [0.25, 0.3) is 0 Å². The Kier molecular flexibility index (Phi) is 6.50. The van der Waals surface area contributed by atoms with Crippen LogP contribution >= 0.6 is 0 Å². The quantitative estimate of drug-likeness (QED) is 0.754. The summed E-state index contributed by atoms with van der Waals surface area (Å²) in [6.45, 7) is 4.64. The highest BCUT2D eigenvalue weighted by atomic mass is 16.5. The van der Waals surface area contributed by atoms with Gasteiger partial charge < -0.3 is 24.8 Å². The van der Waals surface area contributed by atoms with Crippen molar-refractivity contribution in [3.63, 3.8) is 0 Å².